The lowest BCUT2D eigenvalue weighted by molar-refractivity contribution is -0.137. The third-order valence-electron chi connectivity index (χ3n) is 2.39. The molecular formula is C13H16F3NO2. The van der Waals surface area contributed by atoms with Crippen molar-refractivity contribution >= 4 is 11.6 Å². The number of nitrogens with one attached hydrogen (secondary N) is 1. The van der Waals surface area contributed by atoms with E-state index in [9.17, 15) is 18.0 Å². The van der Waals surface area contributed by atoms with Crippen molar-refractivity contribution < 1.29 is 22.7 Å². The highest BCUT2D eigenvalue weighted by atomic mass is 19.4. The number of alkyl halides is 3. The van der Waals surface area contributed by atoms with E-state index in [1.165, 1.54) is 6.07 Å². The van der Waals surface area contributed by atoms with Crippen LogP contribution in [0.15, 0.2) is 18.2 Å². The van der Waals surface area contributed by atoms with Gasteiger partial charge in [-0.05, 0) is 38.5 Å². The van der Waals surface area contributed by atoms with Crippen LogP contribution < -0.4 is 5.32 Å². The summed E-state index contributed by atoms with van der Waals surface area (Å²) in [6.07, 6.45) is -4.55. The number of carbonyl (C=O) groups excluding carboxylic acids is 1. The van der Waals surface area contributed by atoms with Gasteiger partial charge in [0.1, 0.15) is 6.61 Å². The van der Waals surface area contributed by atoms with Crippen molar-refractivity contribution in [3.05, 3.63) is 29.3 Å². The molecule has 0 bridgehead atoms. The highest BCUT2D eigenvalue weighted by Crippen LogP contribution is 2.31. The zero-order chi connectivity index (χ0) is 14.6. The minimum atomic E-state index is -4.43. The second kappa shape index (κ2) is 6.06. The van der Waals surface area contributed by atoms with Crippen molar-refractivity contribution in [1.29, 1.82) is 0 Å². The molecule has 1 aromatic rings. The van der Waals surface area contributed by atoms with Crippen molar-refractivity contribution in [3.8, 4) is 0 Å². The van der Waals surface area contributed by atoms with E-state index in [1.807, 2.05) is 0 Å². The molecule has 0 heterocycles. The molecular weight excluding hydrogens is 259 g/mol. The van der Waals surface area contributed by atoms with E-state index >= 15 is 0 Å². The van der Waals surface area contributed by atoms with Gasteiger partial charge in [-0.1, -0.05) is 6.07 Å². The summed E-state index contributed by atoms with van der Waals surface area (Å²) >= 11 is 0. The number of hydrogen-bond donors (Lipinski definition) is 1. The third-order valence-corrected chi connectivity index (χ3v) is 2.39. The van der Waals surface area contributed by atoms with Crippen LogP contribution in [0.4, 0.5) is 18.9 Å². The predicted octanol–water partition coefficient (Wildman–Crippen LogP) is 3.38. The zero-order valence-electron chi connectivity index (χ0n) is 11.0. The number of hydrogen-bond acceptors (Lipinski definition) is 2. The molecule has 0 saturated carbocycles. The first-order valence-corrected chi connectivity index (χ1v) is 5.79. The van der Waals surface area contributed by atoms with Crippen LogP contribution in [-0.4, -0.2) is 18.6 Å². The Hall–Kier alpha value is -1.56. The Bertz CT molecular complexity index is 456. The third kappa shape index (κ3) is 4.90. The number of carbonyl (C=O) groups is 1. The summed E-state index contributed by atoms with van der Waals surface area (Å²) in [7, 11) is 0. The maximum atomic E-state index is 12.6. The molecule has 3 nitrogen and oxygen atoms in total. The van der Waals surface area contributed by atoms with Crippen molar-refractivity contribution in [3.63, 3.8) is 0 Å². The Labute approximate surface area is 109 Å². The molecule has 1 rings (SSSR count). The summed E-state index contributed by atoms with van der Waals surface area (Å²) in [5.41, 5.74) is -0.0868. The highest BCUT2D eigenvalue weighted by molar-refractivity contribution is 5.92. The minimum Gasteiger partial charge on any atom is -0.369 e. The van der Waals surface area contributed by atoms with E-state index in [-0.39, 0.29) is 18.4 Å². The van der Waals surface area contributed by atoms with E-state index in [1.54, 1.807) is 20.8 Å². The lowest BCUT2D eigenvalue weighted by Crippen LogP contribution is -2.21. The van der Waals surface area contributed by atoms with Gasteiger partial charge in [-0.15, -0.1) is 0 Å². The Morgan fingerprint density at radius 1 is 1.37 bits per heavy atom. The molecule has 0 aromatic heterocycles. The molecule has 0 atom stereocenters. The topological polar surface area (TPSA) is 38.3 Å². The van der Waals surface area contributed by atoms with E-state index in [0.29, 0.717) is 5.56 Å². The maximum Gasteiger partial charge on any atom is 0.416 e. The quantitative estimate of drug-likeness (QED) is 0.914. The fraction of sp³-hybridized carbons (Fsp3) is 0.462. The number of amides is 1. The van der Waals surface area contributed by atoms with Gasteiger partial charge in [0.05, 0.1) is 11.7 Å². The average molecular weight is 275 g/mol. The van der Waals surface area contributed by atoms with E-state index in [4.69, 9.17) is 4.74 Å². The van der Waals surface area contributed by atoms with Crippen molar-refractivity contribution in [1.82, 2.24) is 0 Å². The average Bonchev–Trinajstić information content (AvgIpc) is 2.28. The normalized spacial score (nSPS) is 11.7. The number of rotatable bonds is 4. The summed E-state index contributed by atoms with van der Waals surface area (Å²) in [4.78, 5) is 11.5. The van der Waals surface area contributed by atoms with Gasteiger partial charge in [-0.3, -0.25) is 4.79 Å². The first-order chi connectivity index (χ1) is 8.70. The number of halogens is 3. The molecule has 1 aromatic carbocycles. The SMILES string of the molecule is Cc1ccc(C(F)(F)F)cc1NC(=O)COC(C)C. The number of aryl methyl sites for hydroxylation is 1. The van der Waals surface area contributed by atoms with Crippen LogP contribution in [0.3, 0.4) is 0 Å². The zero-order valence-corrected chi connectivity index (χ0v) is 11.0. The number of ether oxygens (including phenoxy) is 1. The summed E-state index contributed by atoms with van der Waals surface area (Å²) in [5, 5.41) is 2.41. The van der Waals surface area contributed by atoms with Crippen molar-refractivity contribution in [2.75, 3.05) is 11.9 Å². The maximum absolute atomic E-state index is 12.6. The first-order valence-electron chi connectivity index (χ1n) is 5.79. The van der Waals surface area contributed by atoms with Gasteiger partial charge in [-0.2, -0.15) is 13.2 Å². The Morgan fingerprint density at radius 3 is 2.53 bits per heavy atom. The number of anilines is 1. The summed E-state index contributed by atoms with van der Waals surface area (Å²) in [6.45, 7) is 4.97. The van der Waals surface area contributed by atoms with Gasteiger partial charge >= 0.3 is 6.18 Å². The summed E-state index contributed by atoms with van der Waals surface area (Å²) in [6, 6.07) is 3.22. The van der Waals surface area contributed by atoms with Gasteiger partial charge in [-0.25, -0.2) is 0 Å². The number of benzene rings is 1. The molecule has 0 fully saturated rings. The Morgan fingerprint density at radius 2 is 2.00 bits per heavy atom. The highest BCUT2D eigenvalue weighted by Gasteiger charge is 2.30. The molecule has 106 valence electrons. The smallest absolute Gasteiger partial charge is 0.369 e. The molecule has 0 aliphatic carbocycles. The Balaban J connectivity index is 2.80. The van der Waals surface area contributed by atoms with Crippen LogP contribution in [0.5, 0.6) is 0 Å². The van der Waals surface area contributed by atoms with E-state index < -0.39 is 17.6 Å². The van der Waals surface area contributed by atoms with Crippen LogP contribution in [0.2, 0.25) is 0 Å². The molecule has 19 heavy (non-hydrogen) atoms. The fourth-order valence-electron chi connectivity index (χ4n) is 1.36. The van der Waals surface area contributed by atoms with Crippen molar-refractivity contribution in [2.24, 2.45) is 0 Å². The van der Waals surface area contributed by atoms with Gasteiger partial charge in [0, 0.05) is 5.69 Å². The van der Waals surface area contributed by atoms with Crippen LogP contribution in [-0.2, 0) is 15.7 Å². The molecule has 0 saturated heterocycles. The molecule has 0 unspecified atom stereocenters. The predicted molar refractivity (Wildman–Crippen MR) is 65.9 cm³/mol. The van der Waals surface area contributed by atoms with Crippen LogP contribution in [0.1, 0.15) is 25.0 Å². The summed E-state index contributed by atoms with van der Waals surface area (Å²) in [5.74, 6) is -0.476. The molecule has 0 aliphatic rings. The van der Waals surface area contributed by atoms with Crippen LogP contribution in [0.25, 0.3) is 0 Å². The molecule has 0 spiro atoms. The van der Waals surface area contributed by atoms with Gasteiger partial charge in [0.2, 0.25) is 5.91 Å². The molecule has 1 amide bonds. The molecule has 6 heteroatoms. The Kier molecular flexibility index (Phi) is 4.94. The lowest BCUT2D eigenvalue weighted by atomic mass is 10.1. The minimum absolute atomic E-state index is 0.117. The molecule has 1 N–H and O–H groups in total. The molecule has 0 aliphatic heterocycles. The van der Waals surface area contributed by atoms with Gasteiger partial charge in [0.15, 0.2) is 0 Å². The van der Waals surface area contributed by atoms with E-state index in [2.05, 4.69) is 5.32 Å². The van der Waals surface area contributed by atoms with Gasteiger partial charge in [0.25, 0.3) is 0 Å². The van der Waals surface area contributed by atoms with Crippen LogP contribution in [0, 0.1) is 6.92 Å². The second-order valence-electron chi connectivity index (χ2n) is 4.44. The summed E-state index contributed by atoms with van der Waals surface area (Å²) < 4.78 is 42.7. The monoisotopic (exact) mass is 275 g/mol. The van der Waals surface area contributed by atoms with Crippen LogP contribution >= 0.6 is 0 Å². The second-order valence-corrected chi connectivity index (χ2v) is 4.44. The largest absolute Gasteiger partial charge is 0.416 e. The van der Waals surface area contributed by atoms with E-state index in [0.717, 1.165) is 12.1 Å². The standard InChI is InChI=1S/C13H16F3NO2/c1-8(2)19-7-12(18)17-11-6-10(13(14,15)16)5-4-9(11)3/h4-6,8H,7H2,1-3H3,(H,17,18). The lowest BCUT2D eigenvalue weighted by Gasteiger charge is -2.13. The van der Waals surface area contributed by atoms with Gasteiger partial charge < -0.3 is 10.1 Å². The molecule has 0 radical (unpaired) electrons. The van der Waals surface area contributed by atoms with Crippen molar-refractivity contribution in [2.45, 2.75) is 33.1 Å². The first kappa shape index (κ1) is 15.5. The fourth-order valence-corrected chi connectivity index (χ4v) is 1.36.